The van der Waals surface area contributed by atoms with Gasteiger partial charge in [-0.25, -0.2) is 4.79 Å². The fraction of sp³-hybridized carbons (Fsp3) is 0.368. The van der Waals surface area contributed by atoms with E-state index in [0.29, 0.717) is 16.9 Å². The Labute approximate surface area is 146 Å². The fourth-order valence-electron chi connectivity index (χ4n) is 3.43. The van der Waals surface area contributed by atoms with E-state index in [9.17, 15) is 19.2 Å². The lowest BCUT2D eigenvalue weighted by molar-refractivity contribution is -0.152. The van der Waals surface area contributed by atoms with Crippen LogP contribution in [0.15, 0.2) is 42.0 Å². The lowest BCUT2D eigenvalue weighted by Gasteiger charge is -2.42. The number of urea groups is 1. The van der Waals surface area contributed by atoms with Crippen molar-refractivity contribution in [2.45, 2.75) is 32.6 Å². The van der Waals surface area contributed by atoms with Gasteiger partial charge < -0.3 is 0 Å². The number of rotatable bonds is 2. The topological polar surface area (TPSA) is 74.8 Å². The van der Waals surface area contributed by atoms with E-state index in [2.05, 4.69) is 0 Å². The van der Waals surface area contributed by atoms with Crippen LogP contribution < -0.4 is 0 Å². The molecule has 1 aliphatic carbocycles. The van der Waals surface area contributed by atoms with Gasteiger partial charge in [0, 0.05) is 12.6 Å². The van der Waals surface area contributed by atoms with Crippen molar-refractivity contribution in [3.8, 4) is 0 Å². The van der Waals surface area contributed by atoms with E-state index in [1.54, 1.807) is 18.2 Å². The third kappa shape index (κ3) is 2.58. The molecule has 2 aliphatic rings. The van der Waals surface area contributed by atoms with Crippen LogP contribution >= 0.6 is 0 Å². The summed E-state index contributed by atoms with van der Waals surface area (Å²) in [5.74, 6) is -2.05. The molecule has 3 rings (SSSR count). The highest BCUT2D eigenvalue weighted by Gasteiger charge is 2.57. The molecule has 6 nitrogen and oxygen atoms in total. The third-order valence-corrected chi connectivity index (χ3v) is 5.00. The van der Waals surface area contributed by atoms with Crippen molar-refractivity contribution < 1.29 is 19.2 Å². The molecule has 0 bridgehead atoms. The minimum atomic E-state index is -1.51. The minimum absolute atomic E-state index is 0.229. The molecule has 5 amide bonds. The van der Waals surface area contributed by atoms with Gasteiger partial charge in [0.05, 0.1) is 0 Å². The molecule has 1 heterocycles. The molecule has 25 heavy (non-hydrogen) atoms. The second kappa shape index (κ2) is 6.27. The second-order valence-electron chi connectivity index (χ2n) is 6.56. The number of carbonyl (C=O) groups is 4. The first-order valence-corrected chi connectivity index (χ1v) is 8.34. The summed E-state index contributed by atoms with van der Waals surface area (Å²) in [6.07, 6.45) is 5.18. The van der Waals surface area contributed by atoms with Crippen molar-refractivity contribution >= 4 is 23.8 Å². The van der Waals surface area contributed by atoms with E-state index in [4.69, 9.17) is 0 Å². The SMILES string of the molecule is CN1C(=O)N(C(=O)c2ccccc2)C(=O)[C@@](C)(C2=CCCCC2)C1=O. The molecular weight excluding hydrogens is 320 g/mol. The standard InChI is InChI=1S/C19H20N2O4/c1-19(14-11-7-4-8-12-14)16(23)20(2)18(25)21(17(19)24)15(22)13-9-5-3-6-10-13/h3,5-6,9-11H,4,7-8,12H2,1-2H3/t19-/m0/s1. The quantitative estimate of drug-likeness (QED) is 0.471. The Morgan fingerprint density at radius 2 is 1.72 bits per heavy atom. The number of barbiturate groups is 1. The van der Waals surface area contributed by atoms with Crippen molar-refractivity contribution in [2.24, 2.45) is 5.41 Å². The number of allylic oxidation sites excluding steroid dienone is 1. The monoisotopic (exact) mass is 340 g/mol. The molecule has 0 aromatic heterocycles. The lowest BCUT2D eigenvalue weighted by atomic mass is 9.73. The first-order valence-electron chi connectivity index (χ1n) is 8.34. The van der Waals surface area contributed by atoms with Crippen molar-refractivity contribution in [3.63, 3.8) is 0 Å². The first kappa shape index (κ1) is 17.1. The van der Waals surface area contributed by atoms with Crippen LogP contribution in [0.5, 0.6) is 0 Å². The van der Waals surface area contributed by atoms with E-state index < -0.39 is 29.2 Å². The summed E-state index contributed by atoms with van der Waals surface area (Å²) in [7, 11) is 1.31. The Bertz CT molecular complexity index is 784. The molecule has 1 saturated heterocycles. The molecule has 1 fully saturated rings. The summed E-state index contributed by atoms with van der Waals surface area (Å²) in [5, 5.41) is 0. The molecule has 0 N–H and O–H groups in total. The maximum atomic E-state index is 13.1. The fourth-order valence-corrected chi connectivity index (χ4v) is 3.43. The highest BCUT2D eigenvalue weighted by molar-refractivity contribution is 6.28. The molecule has 0 spiro atoms. The first-order chi connectivity index (χ1) is 11.9. The van der Waals surface area contributed by atoms with Crippen LogP contribution in [-0.2, 0) is 9.59 Å². The van der Waals surface area contributed by atoms with Crippen molar-refractivity contribution in [3.05, 3.63) is 47.5 Å². The van der Waals surface area contributed by atoms with Crippen LogP contribution in [0.3, 0.4) is 0 Å². The lowest BCUT2D eigenvalue weighted by Crippen LogP contribution is -2.65. The van der Waals surface area contributed by atoms with Crippen LogP contribution in [0.25, 0.3) is 0 Å². The zero-order chi connectivity index (χ0) is 18.2. The van der Waals surface area contributed by atoms with Gasteiger partial charge in [-0.1, -0.05) is 24.3 Å². The Hall–Kier alpha value is -2.76. The molecule has 6 heteroatoms. The Kier molecular flexibility index (Phi) is 4.29. The van der Waals surface area contributed by atoms with Gasteiger partial charge in [-0.15, -0.1) is 0 Å². The van der Waals surface area contributed by atoms with Crippen LogP contribution in [-0.4, -0.2) is 40.6 Å². The Balaban J connectivity index is 2.06. The second-order valence-corrected chi connectivity index (χ2v) is 6.56. The highest BCUT2D eigenvalue weighted by Crippen LogP contribution is 2.40. The zero-order valence-corrected chi connectivity index (χ0v) is 14.3. The van der Waals surface area contributed by atoms with Crippen molar-refractivity contribution in [2.75, 3.05) is 7.05 Å². The zero-order valence-electron chi connectivity index (χ0n) is 14.3. The van der Waals surface area contributed by atoms with E-state index in [-0.39, 0.29) is 5.56 Å². The predicted octanol–water partition coefficient (Wildman–Crippen LogP) is 2.75. The predicted molar refractivity (Wildman–Crippen MR) is 90.4 cm³/mol. The number of benzene rings is 1. The number of imide groups is 4. The van der Waals surface area contributed by atoms with Gasteiger partial charge >= 0.3 is 6.03 Å². The molecule has 130 valence electrons. The molecular formula is C19H20N2O4. The van der Waals surface area contributed by atoms with E-state index in [0.717, 1.165) is 24.2 Å². The number of carbonyl (C=O) groups excluding carboxylic acids is 4. The average molecular weight is 340 g/mol. The molecule has 0 radical (unpaired) electrons. The molecule has 0 unspecified atom stereocenters. The molecule has 0 saturated carbocycles. The summed E-state index contributed by atoms with van der Waals surface area (Å²) >= 11 is 0. The Morgan fingerprint density at radius 1 is 1.04 bits per heavy atom. The van der Waals surface area contributed by atoms with Gasteiger partial charge in [0.15, 0.2) is 0 Å². The summed E-state index contributed by atoms with van der Waals surface area (Å²) in [6.45, 7) is 1.52. The van der Waals surface area contributed by atoms with Crippen LogP contribution in [0, 0.1) is 5.41 Å². The summed E-state index contributed by atoms with van der Waals surface area (Å²) in [6, 6.07) is 7.22. The van der Waals surface area contributed by atoms with Gasteiger partial charge in [0.1, 0.15) is 5.41 Å². The van der Waals surface area contributed by atoms with Gasteiger partial charge in [0.25, 0.3) is 11.8 Å². The largest absolute Gasteiger partial charge is 0.340 e. The van der Waals surface area contributed by atoms with E-state index >= 15 is 0 Å². The number of amides is 5. The smallest absolute Gasteiger partial charge is 0.273 e. The van der Waals surface area contributed by atoms with E-state index in [1.807, 2.05) is 6.08 Å². The molecule has 1 aliphatic heterocycles. The minimum Gasteiger partial charge on any atom is -0.273 e. The third-order valence-electron chi connectivity index (χ3n) is 5.00. The maximum absolute atomic E-state index is 13.1. The van der Waals surface area contributed by atoms with Crippen molar-refractivity contribution in [1.82, 2.24) is 9.80 Å². The summed E-state index contributed by atoms with van der Waals surface area (Å²) < 4.78 is 0. The molecule has 1 aromatic carbocycles. The molecule has 1 atom stereocenters. The number of hydrogen-bond acceptors (Lipinski definition) is 4. The van der Waals surface area contributed by atoms with Crippen LogP contribution in [0.4, 0.5) is 4.79 Å². The maximum Gasteiger partial charge on any atom is 0.340 e. The number of hydrogen-bond donors (Lipinski definition) is 0. The van der Waals surface area contributed by atoms with Crippen LogP contribution in [0.2, 0.25) is 0 Å². The van der Waals surface area contributed by atoms with E-state index in [1.165, 1.54) is 26.1 Å². The van der Waals surface area contributed by atoms with Crippen molar-refractivity contribution in [1.29, 1.82) is 0 Å². The molecule has 1 aromatic rings. The number of nitrogens with zero attached hydrogens (tertiary/aromatic N) is 2. The van der Waals surface area contributed by atoms with Gasteiger partial charge in [-0.3, -0.25) is 19.3 Å². The summed E-state index contributed by atoms with van der Waals surface area (Å²) in [5.41, 5.74) is -0.584. The van der Waals surface area contributed by atoms with Gasteiger partial charge in [-0.2, -0.15) is 4.90 Å². The Morgan fingerprint density at radius 3 is 2.32 bits per heavy atom. The normalized spacial score (nSPS) is 24.4. The van der Waals surface area contributed by atoms with Gasteiger partial charge in [-0.05, 0) is 50.3 Å². The average Bonchev–Trinajstić information content (AvgIpc) is 2.66. The summed E-state index contributed by atoms with van der Waals surface area (Å²) in [4.78, 5) is 52.6. The highest BCUT2D eigenvalue weighted by atomic mass is 16.2. The van der Waals surface area contributed by atoms with Gasteiger partial charge in [0.2, 0.25) is 5.91 Å². The van der Waals surface area contributed by atoms with Crippen LogP contribution in [0.1, 0.15) is 43.0 Å².